The van der Waals surface area contributed by atoms with E-state index in [4.69, 9.17) is 14.8 Å². The zero-order chi connectivity index (χ0) is 39.3. The minimum atomic E-state index is 0.213. The number of furan rings is 1. The Hall–Kier alpha value is -7.43. The summed E-state index contributed by atoms with van der Waals surface area (Å²) >= 11 is 0. The monoisotopic (exact) mass is 747 g/mol. The van der Waals surface area contributed by atoms with E-state index >= 15 is 0 Å². The normalized spacial score (nSPS) is 13.6. The van der Waals surface area contributed by atoms with Gasteiger partial charge in [-0.15, -0.1) is 0 Å². The van der Waals surface area contributed by atoms with Gasteiger partial charge in [-0.3, -0.25) is 10.4 Å². The van der Waals surface area contributed by atoms with Crippen molar-refractivity contribution < 1.29 is 4.42 Å². The van der Waals surface area contributed by atoms with Gasteiger partial charge in [-0.25, -0.2) is 4.99 Å². The van der Waals surface area contributed by atoms with Gasteiger partial charge in [0.2, 0.25) is 0 Å². The molecule has 1 N–H and O–H groups in total. The first-order valence-electron chi connectivity index (χ1n) is 19.6. The van der Waals surface area contributed by atoms with E-state index in [1.165, 1.54) is 38.4 Å². The Bertz CT molecular complexity index is 3030. The molecule has 0 spiro atoms. The zero-order valence-corrected chi connectivity index (χ0v) is 32.1. The van der Waals surface area contributed by atoms with Gasteiger partial charge >= 0.3 is 0 Å². The van der Waals surface area contributed by atoms with Crippen molar-refractivity contribution in [2.75, 3.05) is 0 Å². The van der Waals surface area contributed by atoms with Crippen LogP contribution in [0.2, 0.25) is 0 Å². The molecule has 278 valence electrons. The summed E-state index contributed by atoms with van der Waals surface area (Å²) in [6, 6.07) is 59.0. The van der Waals surface area contributed by atoms with E-state index in [-0.39, 0.29) is 11.8 Å². The summed E-state index contributed by atoms with van der Waals surface area (Å²) in [6.45, 7) is 4.04. The van der Waals surface area contributed by atoms with E-state index in [0.717, 1.165) is 56.0 Å². The number of hydrogen-bond donors (Lipinski definition) is 1. The van der Waals surface area contributed by atoms with Gasteiger partial charge in [-0.1, -0.05) is 176 Å². The van der Waals surface area contributed by atoms with Crippen LogP contribution in [0.25, 0.3) is 65.7 Å². The van der Waals surface area contributed by atoms with Crippen LogP contribution in [0.5, 0.6) is 0 Å². The highest BCUT2D eigenvalue weighted by molar-refractivity contribution is 6.17. The summed E-state index contributed by atoms with van der Waals surface area (Å²) in [5.41, 5.74) is 10.8. The first-order valence-corrected chi connectivity index (χ1v) is 19.6. The van der Waals surface area contributed by atoms with Crippen molar-refractivity contribution in [3.63, 3.8) is 0 Å². The largest absolute Gasteiger partial charge is 0.455 e. The van der Waals surface area contributed by atoms with Crippen LogP contribution in [-0.2, 0) is 6.54 Å². The van der Waals surface area contributed by atoms with Crippen molar-refractivity contribution in [3.8, 4) is 22.3 Å². The highest BCUT2D eigenvalue weighted by Gasteiger charge is 2.22. The molecule has 0 fully saturated rings. The van der Waals surface area contributed by atoms with Crippen molar-refractivity contribution in [3.05, 3.63) is 216 Å². The zero-order valence-electron chi connectivity index (χ0n) is 32.1. The molecule has 0 amide bonds. The predicted molar refractivity (Wildman–Crippen MR) is 246 cm³/mol. The number of aliphatic imine (C=N–C) groups is 2. The van der Waals surface area contributed by atoms with Gasteiger partial charge in [-0.2, -0.15) is 0 Å². The van der Waals surface area contributed by atoms with E-state index < -0.39 is 0 Å². The maximum absolute atomic E-state index is 7.73. The quantitative estimate of drug-likeness (QED) is 0.0985. The lowest BCUT2D eigenvalue weighted by molar-refractivity contribution is 0.658. The Labute approximate surface area is 338 Å². The number of hydrogen-bond acceptors (Lipinski definition) is 3. The molecular formula is C54H41N3O. The number of nitrogens with one attached hydrogen (secondary N) is 1. The van der Waals surface area contributed by atoms with Crippen molar-refractivity contribution in [2.45, 2.75) is 18.9 Å². The Balaban J connectivity index is 0.000000202. The molecule has 58 heavy (non-hydrogen) atoms. The highest BCUT2D eigenvalue weighted by atomic mass is 16.3. The second kappa shape index (κ2) is 16.4. The second-order valence-electron chi connectivity index (χ2n) is 14.5. The molecule has 0 saturated heterocycles. The van der Waals surface area contributed by atoms with Crippen LogP contribution < -0.4 is 0 Å². The molecule has 0 bridgehead atoms. The maximum atomic E-state index is 7.73. The molecular weight excluding hydrogens is 707 g/mol. The Kier molecular flexibility index (Phi) is 10.2. The Morgan fingerprint density at radius 3 is 2.07 bits per heavy atom. The molecule has 9 aromatic rings. The van der Waals surface area contributed by atoms with Crippen molar-refractivity contribution in [1.82, 2.24) is 0 Å². The third kappa shape index (κ3) is 7.32. The number of rotatable bonds is 7. The molecule has 4 heteroatoms. The molecule has 0 saturated carbocycles. The molecule has 8 aromatic carbocycles. The summed E-state index contributed by atoms with van der Waals surface area (Å²) in [6.07, 6.45) is 11.8. The summed E-state index contributed by atoms with van der Waals surface area (Å²) in [5, 5.41) is 14.7. The van der Waals surface area contributed by atoms with Crippen molar-refractivity contribution in [1.29, 1.82) is 5.41 Å². The molecule has 1 atom stereocenters. The van der Waals surface area contributed by atoms with E-state index in [1.54, 1.807) is 0 Å². The minimum absolute atomic E-state index is 0.213. The SMILES string of the molecule is C1=CCC(c2ccc(C=NCc3ccccc3)c3c2oc2c(-c4ccccc4)cc(-c4ccccc4)cc23)C=C1.C=NC(=N)c1ccc2ccc3ccccc3c2c1. The van der Waals surface area contributed by atoms with Crippen LogP contribution in [0.15, 0.2) is 209 Å². The molecule has 1 heterocycles. The second-order valence-corrected chi connectivity index (χ2v) is 14.5. The summed E-state index contributed by atoms with van der Waals surface area (Å²) in [7, 11) is 0. The van der Waals surface area contributed by atoms with Gasteiger partial charge in [0.1, 0.15) is 11.2 Å². The van der Waals surface area contributed by atoms with Gasteiger partial charge in [0.25, 0.3) is 0 Å². The van der Waals surface area contributed by atoms with E-state index in [1.807, 2.05) is 42.6 Å². The van der Waals surface area contributed by atoms with Gasteiger partial charge in [0.05, 0.1) is 6.54 Å². The summed E-state index contributed by atoms with van der Waals surface area (Å²) in [4.78, 5) is 8.54. The summed E-state index contributed by atoms with van der Waals surface area (Å²) in [5.74, 6) is 0.488. The molecule has 0 radical (unpaired) electrons. The first-order chi connectivity index (χ1) is 28.6. The molecule has 0 aliphatic heterocycles. The van der Waals surface area contributed by atoms with Crippen LogP contribution in [-0.4, -0.2) is 18.8 Å². The molecule has 1 aliphatic carbocycles. The maximum Gasteiger partial charge on any atom is 0.151 e. The van der Waals surface area contributed by atoms with Gasteiger partial charge in [0.15, 0.2) is 5.84 Å². The van der Waals surface area contributed by atoms with Crippen LogP contribution in [0.4, 0.5) is 0 Å². The Morgan fingerprint density at radius 2 is 1.33 bits per heavy atom. The summed E-state index contributed by atoms with van der Waals surface area (Å²) < 4.78 is 6.90. The number of benzene rings is 8. The fourth-order valence-corrected chi connectivity index (χ4v) is 7.94. The molecule has 1 aliphatic rings. The van der Waals surface area contributed by atoms with Crippen molar-refractivity contribution in [2.24, 2.45) is 9.98 Å². The van der Waals surface area contributed by atoms with E-state index in [9.17, 15) is 0 Å². The lowest BCUT2D eigenvalue weighted by Crippen LogP contribution is -1.98. The Morgan fingerprint density at radius 1 is 0.638 bits per heavy atom. The van der Waals surface area contributed by atoms with Crippen LogP contribution in [0.1, 0.15) is 34.6 Å². The lowest BCUT2D eigenvalue weighted by atomic mass is 9.89. The third-order valence-corrected chi connectivity index (χ3v) is 10.9. The highest BCUT2D eigenvalue weighted by Crippen LogP contribution is 2.43. The van der Waals surface area contributed by atoms with Crippen LogP contribution in [0.3, 0.4) is 0 Å². The standard InChI is InChI=1S/C38H29NO.C16H12N2/c1-5-13-27(14-6-1)25-39-26-31-21-22-33(29-17-9-3-10-18-29)38-36(31)35-24-32(28-15-7-2-8-16-28)23-34(37(35)40-38)30-19-11-4-12-20-30;1-18-16(17)13-9-8-12-7-6-11-4-2-3-5-14(11)15(12)10-13/h1-17,19-24,26,29H,18,25H2;2-10,17H,1H2. The van der Waals surface area contributed by atoms with Gasteiger partial charge in [0, 0.05) is 45.2 Å². The minimum Gasteiger partial charge on any atom is -0.455 e. The van der Waals surface area contributed by atoms with E-state index in [0.29, 0.717) is 6.54 Å². The lowest BCUT2D eigenvalue weighted by Gasteiger charge is -2.14. The van der Waals surface area contributed by atoms with Gasteiger partial charge in [-0.05, 0) is 75.1 Å². The molecule has 10 rings (SSSR count). The number of fused-ring (bicyclic) bond motifs is 6. The molecule has 4 nitrogen and oxygen atoms in total. The smallest absolute Gasteiger partial charge is 0.151 e. The molecule has 1 aromatic heterocycles. The van der Waals surface area contributed by atoms with Gasteiger partial charge < -0.3 is 4.42 Å². The fourth-order valence-electron chi connectivity index (χ4n) is 7.94. The van der Waals surface area contributed by atoms with E-state index in [2.05, 4.69) is 169 Å². The number of allylic oxidation sites excluding steroid dienone is 4. The first kappa shape index (κ1) is 36.2. The fraction of sp³-hybridized carbons (Fsp3) is 0.0556. The molecule has 1 unspecified atom stereocenters. The average molecular weight is 748 g/mol. The average Bonchev–Trinajstić information content (AvgIpc) is 3.70. The predicted octanol–water partition coefficient (Wildman–Crippen LogP) is 14.2. The van der Waals surface area contributed by atoms with Crippen molar-refractivity contribution >= 4 is 62.3 Å². The number of nitrogens with zero attached hydrogens (tertiary/aromatic N) is 2. The van der Waals surface area contributed by atoms with Crippen LogP contribution in [0, 0.1) is 5.41 Å². The number of amidine groups is 1. The van der Waals surface area contributed by atoms with Crippen LogP contribution >= 0.6 is 0 Å². The third-order valence-electron chi connectivity index (χ3n) is 10.9. The topological polar surface area (TPSA) is 61.7 Å².